The van der Waals surface area contributed by atoms with Crippen LogP contribution in [0, 0.1) is 0 Å². The molecule has 0 saturated heterocycles. The van der Waals surface area contributed by atoms with Crippen LogP contribution in [0.4, 0.5) is 0 Å². The lowest BCUT2D eigenvalue weighted by Crippen LogP contribution is -2.20. The van der Waals surface area contributed by atoms with Crippen molar-refractivity contribution in [3.63, 3.8) is 0 Å². The summed E-state index contributed by atoms with van der Waals surface area (Å²) in [6.07, 6.45) is 1.91. The molecule has 0 spiro atoms. The third-order valence-electron chi connectivity index (χ3n) is 2.21. The van der Waals surface area contributed by atoms with E-state index in [1.54, 1.807) is 7.05 Å². The van der Waals surface area contributed by atoms with Crippen LogP contribution in [0.5, 0.6) is 0 Å². The van der Waals surface area contributed by atoms with Crippen LogP contribution >= 0.6 is 23.5 Å². The second-order valence-electron chi connectivity index (χ2n) is 3.28. The number of carbonyl (C=O) groups excluding carboxylic acids is 1. The minimum atomic E-state index is -0.0694. The molecule has 1 aromatic rings. The van der Waals surface area contributed by atoms with Crippen LogP contribution in [0.3, 0.4) is 0 Å². The largest absolute Gasteiger partial charge is 0.409 e. The topological polar surface area (TPSA) is 87.7 Å². The Labute approximate surface area is 114 Å². The third kappa shape index (κ3) is 3.58. The van der Waals surface area contributed by atoms with Crippen molar-refractivity contribution >= 4 is 35.3 Å². The van der Waals surface area contributed by atoms with E-state index in [0.29, 0.717) is 11.3 Å². The fourth-order valence-electron chi connectivity index (χ4n) is 1.32. The molecule has 0 aliphatic rings. The van der Waals surface area contributed by atoms with E-state index < -0.39 is 0 Å². The van der Waals surface area contributed by atoms with Gasteiger partial charge in [0.15, 0.2) is 5.84 Å². The Morgan fingerprint density at radius 3 is 2.72 bits per heavy atom. The van der Waals surface area contributed by atoms with Gasteiger partial charge in [-0.1, -0.05) is 11.2 Å². The summed E-state index contributed by atoms with van der Waals surface area (Å²) in [6.45, 7) is 0. The fraction of sp³-hybridized carbons (Fsp3) is 0.273. The first-order valence-electron chi connectivity index (χ1n) is 5.12. The highest BCUT2D eigenvalue weighted by molar-refractivity contribution is 8.00. The average molecular weight is 285 g/mol. The van der Waals surface area contributed by atoms with Crippen molar-refractivity contribution < 1.29 is 10.0 Å². The molecule has 1 aromatic carbocycles. The Morgan fingerprint density at radius 2 is 2.17 bits per heavy atom. The maximum absolute atomic E-state index is 11.2. The summed E-state index contributed by atoms with van der Waals surface area (Å²) in [5, 5.41) is 14.4. The Morgan fingerprint density at radius 1 is 1.50 bits per heavy atom. The zero-order valence-corrected chi connectivity index (χ0v) is 11.8. The molecule has 4 N–H and O–H groups in total. The van der Waals surface area contributed by atoms with Crippen molar-refractivity contribution in [2.75, 3.05) is 19.1 Å². The number of thioether (sulfide) groups is 2. The lowest BCUT2D eigenvalue weighted by Gasteiger charge is -2.11. The number of nitrogens with two attached hydrogens (primary N) is 1. The Kier molecular flexibility index (Phi) is 5.87. The number of amidine groups is 1. The van der Waals surface area contributed by atoms with E-state index in [0.717, 1.165) is 9.79 Å². The van der Waals surface area contributed by atoms with Crippen molar-refractivity contribution in [3.05, 3.63) is 23.8 Å². The number of nitrogens with zero attached hydrogens (tertiary/aromatic N) is 1. The minimum absolute atomic E-state index is 0.0550. The van der Waals surface area contributed by atoms with Gasteiger partial charge in [0.1, 0.15) is 0 Å². The number of hydrogen-bond acceptors (Lipinski definition) is 5. The molecule has 0 aromatic heterocycles. The summed E-state index contributed by atoms with van der Waals surface area (Å²) < 4.78 is 0. The van der Waals surface area contributed by atoms with E-state index in [1.165, 1.54) is 23.5 Å². The molecule has 1 rings (SSSR count). The molecule has 5 nitrogen and oxygen atoms in total. The van der Waals surface area contributed by atoms with E-state index in [4.69, 9.17) is 10.9 Å². The second kappa shape index (κ2) is 7.17. The van der Waals surface area contributed by atoms with Gasteiger partial charge in [0, 0.05) is 22.4 Å². The molecule has 0 aliphatic carbocycles. The smallest absolute Gasteiger partial charge is 0.230 e. The van der Waals surface area contributed by atoms with Gasteiger partial charge < -0.3 is 16.3 Å². The van der Waals surface area contributed by atoms with Gasteiger partial charge >= 0.3 is 0 Å². The maximum Gasteiger partial charge on any atom is 0.230 e. The monoisotopic (exact) mass is 285 g/mol. The molecule has 0 heterocycles. The molecular weight excluding hydrogens is 270 g/mol. The number of hydrogen-bond donors (Lipinski definition) is 3. The minimum Gasteiger partial charge on any atom is -0.409 e. The summed E-state index contributed by atoms with van der Waals surface area (Å²) in [4.78, 5) is 13.0. The maximum atomic E-state index is 11.2. The third-order valence-corrected chi connectivity index (χ3v) is 4.05. The van der Waals surface area contributed by atoms with Crippen LogP contribution in [0.15, 0.2) is 33.1 Å². The van der Waals surface area contributed by atoms with E-state index >= 15 is 0 Å². The SMILES string of the molecule is CNC(=O)CSc1cccc(SC)c1/C(N)=N/O. The molecule has 18 heavy (non-hydrogen) atoms. The Hall–Kier alpha value is -1.34. The first kappa shape index (κ1) is 14.7. The standard InChI is InChI=1S/C11H15N3O2S2/c1-13-9(15)6-18-8-5-3-4-7(17-2)10(8)11(12)14-16/h3-5,16H,6H2,1-2H3,(H2,12,14)(H,13,15). The van der Waals surface area contributed by atoms with E-state index in [2.05, 4.69) is 10.5 Å². The van der Waals surface area contributed by atoms with E-state index in [9.17, 15) is 4.79 Å². The molecule has 1 amide bonds. The molecule has 0 aliphatic heterocycles. The van der Waals surface area contributed by atoms with Gasteiger partial charge in [-0.15, -0.1) is 23.5 Å². The first-order valence-corrected chi connectivity index (χ1v) is 7.33. The number of rotatable bonds is 5. The number of nitrogens with one attached hydrogen (secondary N) is 1. The zero-order valence-electron chi connectivity index (χ0n) is 10.1. The first-order chi connectivity index (χ1) is 8.63. The van der Waals surface area contributed by atoms with E-state index in [-0.39, 0.29) is 11.7 Å². The highest BCUT2D eigenvalue weighted by Gasteiger charge is 2.13. The fourth-order valence-corrected chi connectivity index (χ4v) is 2.98. The summed E-state index contributed by atoms with van der Waals surface area (Å²) in [6, 6.07) is 5.62. The van der Waals surface area contributed by atoms with Gasteiger partial charge in [0.05, 0.1) is 5.75 Å². The molecule has 0 unspecified atom stereocenters. The highest BCUT2D eigenvalue weighted by Crippen LogP contribution is 2.30. The number of benzene rings is 1. The molecule has 0 bridgehead atoms. The van der Waals surface area contributed by atoms with Crippen molar-refractivity contribution in [2.45, 2.75) is 9.79 Å². The molecule has 7 heteroatoms. The van der Waals surface area contributed by atoms with Gasteiger partial charge in [-0.2, -0.15) is 0 Å². The average Bonchev–Trinajstić information content (AvgIpc) is 2.43. The quantitative estimate of drug-likeness (QED) is 0.250. The van der Waals surface area contributed by atoms with E-state index in [1.807, 2.05) is 24.5 Å². The lowest BCUT2D eigenvalue weighted by atomic mass is 10.2. The normalized spacial score (nSPS) is 11.3. The summed E-state index contributed by atoms with van der Waals surface area (Å²) >= 11 is 2.86. The van der Waals surface area contributed by atoms with Crippen LogP contribution in [0.1, 0.15) is 5.56 Å². The molecule has 0 saturated carbocycles. The second-order valence-corrected chi connectivity index (χ2v) is 5.15. The molecule has 0 fully saturated rings. The summed E-state index contributed by atoms with van der Waals surface area (Å²) in [7, 11) is 1.59. The summed E-state index contributed by atoms with van der Waals surface area (Å²) in [5.41, 5.74) is 6.35. The van der Waals surface area contributed by atoms with Crippen LogP contribution in [0.25, 0.3) is 0 Å². The van der Waals surface area contributed by atoms with Crippen molar-refractivity contribution in [1.29, 1.82) is 0 Å². The lowest BCUT2D eigenvalue weighted by molar-refractivity contribution is -0.118. The summed E-state index contributed by atoms with van der Waals surface area (Å²) in [5.74, 6) is 0.277. The Balaban J connectivity index is 3.06. The zero-order chi connectivity index (χ0) is 13.5. The van der Waals surface area contributed by atoms with Crippen molar-refractivity contribution in [3.8, 4) is 0 Å². The van der Waals surface area contributed by atoms with Gasteiger partial charge in [-0.3, -0.25) is 4.79 Å². The van der Waals surface area contributed by atoms with Crippen LogP contribution in [-0.2, 0) is 4.79 Å². The molecule has 98 valence electrons. The molecule has 0 atom stereocenters. The van der Waals surface area contributed by atoms with Gasteiger partial charge in [-0.25, -0.2) is 0 Å². The van der Waals surface area contributed by atoms with Gasteiger partial charge in [0.2, 0.25) is 5.91 Å². The van der Waals surface area contributed by atoms with Crippen LogP contribution < -0.4 is 11.1 Å². The van der Waals surface area contributed by atoms with Gasteiger partial charge in [0.25, 0.3) is 0 Å². The number of carbonyl (C=O) groups is 1. The molecule has 0 radical (unpaired) electrons. The van der Waals surface area contributed by atoms with Crippen LogP contribution in [0.2, 0.25) is 0 Å². The molecular formula is C11H15N3O2S2. The number of oxime groups is 1. The Bertz CT molecular complexity index is 464. The highest BCUT2D eigenvalue weighted by atomic mass is 32.2. The number of amides is 1. The predicted molar refractivity (Wildman–Crippen MR) is 75.5 cm³/mol. The predicted octanol–water partition coefficient (Wildman–Crippen LogP) is 1.34. The van der Waals surface area contributed by atoms with Crippen LogP contribution in [-0.4, -0.2) is 36.0 Å². The van der Waals surface area contributed by atoms with Gasteiger partial charge in [-0.05, 0) is 18.4 Å². The van der Waals surface area contributed by atoms with Crippen molar-refractivity contribution in [1.82, 2.24) is 5.32 Å². The van der Waals surface area contributed by atoms with Crippen molar-refractivity contribution in [2.24, 2.45) is 10.9 Å².